The molecule has 5 nitrogen and oxygen atoms in total. The molecule has 0 radical (unpaired) electrons. The SMILES string of the molecule is Cc1ccc(C)c(C(C)NC(=O)c2cc(C3CC3)nc3c2c(C)nn3C)c1. The van der Waals surface area contributed by atoms with Gasteiger partial charge in [0.25, 0.3) is 5.91 Å². The van der Waals surface area contributed by atoms with Crippen molar-refractivity contribution in [1.82, 2.24) is 20.1 Å². The number of amides is 1. The van der Waals surface area contributed by atoms with Gasteiger partial charge in [0.15, 0.2) is 5.65 Å². The van der Waals surface area contributed by atoms with Gasteiger partial charge in [-0.25, -0.2) is 4.98 Å². The predicted octanol–water partition coefficient (Wildman–Crippen LogP) is 4.26. The van der Waals surface area contributed by atoms with Crippen LogP contribution in [0.15, 0.2) is 24.3 Å². The van der Waals surface area contributed by atoms with Crippen LogP contribution in [0.25, 0.3) is 11.0 Å². The van der Waals surface area contributed by atoms with Crippen LogP contribution < -0.4 is 5.32 Å². The van der Waals surface area contributed by atoms with Gasteiger partial charge in [-0.2, -0.15) is 5.10 Å². The first-order valence-corrected chi connectivity index (χ1v) is 9.57. The Morgan fingerprint density at radius 1 is 1.22 bits per heavy atom. The maximum atomic E-state index is 13.2. The van der Waals surface area contributed by atoms with E-state index >= 15 is 0 Å². The highest BCUT2D eigenvalue weighted by molar-refractivity contribution is 6.06. The standard InChI is InChI=1S/C22H26N4O/c1-12-6-7-13(2)17(10-12)14(3)23-22(27)18-11-19(16-8-9-16)24-21-20(18)15(4)25-26(21)5/h6-7,10-11,14,16H,8-9H2,1-5H3,(H,23,27). The van der Waals surface area contributed by atoms with E-state index in [1.54, 1.807) is 4.68 Å². The summed E-state index contributed by atoms with van der Waals surface area (Å²) in [5.41, 5.74) is 6.86. The number of hydrogen-bond acceptors (Lipinski definition) is 3. The van der Waals surface area contributed by atoms with Gasteiger partial charge in [0.2, 0.25) is 0 Å². The number of benzene rings is 1. The van der Waals surface area contributed by atoms with Crippen LogP contribution in [0.1, 0.15) is 70.2 Å². The molecule has 0 bridgehead atoms. The summed E-state index contributed by atoms with van der Waals surface area (Å²) in [4.78, 5) is 18.0. The lowest BCUT2D eigenvalue weighted by atomic mass is 9.99. The molecule has 1 amide bonds. The topological polar surface area (TPSA) is 59.8 Å². The molecule has 0 saturated heterocycles. The fourth-order valence-electron chi connectivity index (χ4n) is 3.81. The highest BCUT2D eigenvalue weighted by Crippen LogP contribution is 2.40. The third kappa shape index (κ3) is 3.22. The van der Waals surface area contributed by atoms with Crippen LogP contribution in [0.5, 0.6) is 0 Å². The number of rotatable bonds is 4. The molecule has 1 saturated carbocycles. The minimum absolute atomic E-state index is 0.0613. The number of nitrogens with one attached hydrogen (secondary N) is 1. The molecule has 1 fully saturated rings. The molecular weight excluding hydrogens is 336 g/mol. The molecule has 1 N–H and O–H groups in total. The highest BCUT2D eigenvalue weighted by atomic mass is 16.1. The number of nitrogens with zero attached hydrogens (tertiary/aromatic N) is 3. The van der Waals surface area contributed by atoms with Crippen molar-refractivity contribution in [3.05, 3.63) is 57.9 Å². The number of aryl methyl sites for hydroxylation is 4. The monoisotopic (exact) mass is 362 g/mol. The number of aromatic nitrogens is 3. The molecule has 0 aliphatic heterocycles. The quantitative estimate of drug-likeness (QED) is 0.754. The minimum atomic E-state index is -0.0676. The van der Waals surface area contributed by atoms with Gasteiger partial charge in [-0.15, -0.1) is 0 Å². The van der Waals surface area contributed by atoms with Crippen molar-refractivity contribution in [3.63, 3.8) is 0 Å². The van der Waals surface area contributed by atoms with Crippen molar-refractivity contribution in [2.24, 2.45) is 7.05 Å². The Kier molecular flexibility index (Phi) is 4.25. The van der Waals surface area contributed by atoms with Crippen LogP contribution in [0.3, 0.4) is 0 Å². The third-order valence-electron chi connectivity index (χ3n) is 5.48. The molecular formula is C22H26N4O. The van der Waals surface area contributed by atoms with Gasteiger partial charge in [-0.05, 0) is 57.7 Å². The third-order valence-corrected chi connectivity index (χ3v) is 5.48. The van der Waals surface area contributed by atoms with Crippen molar-refractivity contribution in [1.29, 1.82) is 0 Å². The van der Waals surface area contributed by atoms with Crippen LogP contribution in [-0.4, -0.2) is 20.7 Å². The minimum Gasteiger partial charge on any atom is -0.345 e. The van der Waals surface area contributed by atoms with Gasteiger partial charge in [0, 0.05) is 18.7 Å². The molecule has 0 spiro atoms. The van der Waals surface area contributed by atoms with E-state index in [1.165, 1.54) is 11.1 Å². The summed E-state index contributed by atoms with van der Waals surface area (Å²) >= 11 is 0. The van der Waals surface area contributed by atoms with Crippen LogP contribution in [0.2, 0.25) is 0 Å². The zero-order chi connectivity index (χ0) is 19.3. The highest BCUT2D eigenvalue weighted by Gasteiger charge is 2.28. The van der Waals surface area contributed by atoms with Crippen LogP contribution in [0, 0.1) is 20.8 Å². The van der Waals surface area contributed by atoms with E-state index in [4.69, 9.17) is 4.98 Å². The molecule has 27 heavy (non-hydrogen) atoms. The molecule has 5 heteroatoms. The Morgan fingerprint density at radius 3 is 2.67 bits per heavy atom. The lowest BCUT2D eigenvalue weighted by molar-refractivity contribution is 0.0941. The summed E-state index contributed by atoms with van der Waals surface area (Å²) in [7, 11) is 1.89. The van der Waals surface area contributed by atoms with Gasteiger partial charge < -0.3 is 5.32 Å². The molecule has 2 aromatic heterocycles. The van der Waals surface area contributed by atoms with Crippen molar-refractivity contribution in [3.8, 4) is 0 Å². The van der Waals surface area contributed by atoms with E-state index in [2.05, 4.69) is 42.5 Å². The average molecular weight is 362 g/mol. The van der Waals surface area contributed by atoms with E-state index in [1.807, 2.05) is 27.0 Å². The Hall–Kier alpha value is -2.69. The molecule has 2 heterocycles. The maximum Gasteiger partial charge on any atom is 0.252 e. The number of hydrogen-bond donors (Lipinski definition) is 1. The van der Waals surface area contributed by atoms with E-state index in [0.717, 1.165) is 40.8 Å². The van der Waals surface area contributed by atoms with Crippen molar-refractivity contribution >= 4 is 16.9 Å². The van der Waals surface area contributed by atoms with E-state index in [-0.39, 0.29) is 11.9 Å². The van der Waals surface area contributed by atoms with E-state index < -0.39 is 0 Å². The second kappa shape index (κ2) is 6.48. The molecule has 1 aromatic carbocycles. The van der Waals surface area contributed by atoms with Gasteiger partial charge in [-0.1, -0.05) is 23.8 Å². The zero-order valence-corrected chi connectivity index (χ0v) is 16.6. The van der Waals surface area contributed by atoms with Crippen LogP contribution in [-0.2, 0) is 7.05 Å². The largest absolute Gasteiger partial charge is 0.345 e. The lowest BCUT2D eigenvalue weighted by Crippen LogP contribution is -2.27. The fraction of sp³-hybridized carbons (Fsp3) is 0.409. The second-order valence-electron chi connectivity index (χ2n) is 7.83. The molecule has 140 valence electrons. The molecule has 3 aromatic rings. The van der Waals surface area contributed by atoms with Crippen molar-refractivity contribution in [2.75, 3.05) is 0 Å². The second-order valence-corrected chi connectivity index (χ2v) is 7.83. The Labute approximate surface area is 159 Å². The van der Waals surface area contributed by atoms with E-state index in [9.17, 15) is 4.79 Å². The smallest absolute Gasteiger partial charge is 0.252 e. The molecule has 1 atom stereocenters. The summed E-state index contributed by atoms with van der Waals surface area (Å²) in [6, 6.07) is 8.25. The molecule has 1 aliphatic carbocycles. The van der Waals surface area contributed by atoms with Gasteiger partial charge in [-0.3, -0.25) is 9.48 Å². The summed E-state index contributed by atoms with van der Waals surface area (Å²) < 4.78 is 1.78. The summed E-state index contributed by atoms with van der Waals surface area (Å²) in [5.74, 6) is 0.418. The fourth-order valence-corrected chi connectivity index (χ4v) is 3.81. The molecule has 4 rings (SSSR count). The van der Waals surface area contributed by atoms with Crippen molar-refractivity contribution in [2.45, 2.75) is 52.5 Å². The number of fused-ring (bicyclic) bond motifs is 1. The Bertz CT molecular complexity index is 1050. The number of pyridine rings is 1. The maximum absolute atomic E-state index is 13.2. The van der Waals surface area contributed by atoms with Crippen LogP contribution >= 0.6 is 0 Å². The zero-order valence-electron chi connectivity index (χ0n) is 16.6. The lowest BCUT2D eigenvalue weighted by Gasteiger charge is -2.18. The van der Waals surface area contributed by atoms with Gasteiger partial charge in [0.05, 0.1) is 22.7 Å². The first-order valence-electron chi connectivity index (χ1n) is 9.57. The summed E-state index contributed by atoms with van der Waals surface area (Å²) in [6.07, 6.45) is 2.30. The normalized spacial score (nSPS) is 15.1. The Morgan fingerprint density at radius 2 is 1.96 bits per heavy atom. The molecule has 1 unspecified atom stereocenters. The van der Waals surface area contributed by atoms with E-state index in [0.29, 0.717) is 11.5 Å². The Balaban J connectivity index is 1.73. The van der Waals surface area contributed by atoms with Crippen LogP contribution in [0.4, 0.5) is 0 Å². The van der Waals surface area contributed by atoms with Gasteiger partial charge >= 0.3 is 0 Å². The first kappa shape index (κ1) is 17.7. The number of carbonyl (C=O) groups excluding carboxylic acids is 1. The van der Waals surface area contributed by atoms with Crippen molar-refractivity contribution < 1.29 is 4.79 Å². The average Bonchev–Trinajstić information content (AvgIpc) is 3.43. The number of carbonyl (C=O) groups is 1. The summed E-state index contributed by atoms with van der Waals surface area (Å²) in [5, 5.41) is 8.54. The summed E-state index contributed by atoms with van der Waals surface area (Å²) in [6.45, 7) is 8.13. The van der Waals surface area contributed by atoms with Gasteiger partial charge in [0.1, 0.15) is 0 Å². The predicted molar refractivity (Wildman–Crippen MR) is 107 cm³/mol. The first-order chi connectivity index (χ1) is 12.8. The molecule has 1 aliphatic rings.